The highest BCUT2D eigenvalue weighted by Crippen LogP contribution is 2.28. The van der Waals surface area contributed by atoms with Crippen LogP contribution in [0.3, 0.4) is 0 Å². The molecular formula is C18H25NO2. The highest BCUT2D eigenvalue weighted by atomic mass is 16.5. The summed E-state index contributed by atoms with van der Waals surface area (Å²) in [6, 6.07) is 8.78. The Bertz CT molecular complexity index is 584. The molecule has 114 valence electrons. The smallest absolute Gasteiger partial charge is 0.134 e. The lowest BCUT2D eigenvalue weighted by Crippen LogP contribution is -2.22. The highest BCUT2D eigenvalue weighted by molar-refractivity contribution is 5.78. The first-order valence-electron chi connectivity index (χ1n) is 8.05. The number of rotatable bonds is 5. The predicted octanol–water partition coefficient (Wildman–Crippen LogP) is 4.35. The summed E-state index contributed by atoms with van der Waals surface area (Å²) in [5, 5.41) is 4.58. The lowest BCUT2D eigenvalue weighted by atomic mass is 10.0. The van der Waals surface area contributed by atoms with Gasteiger partial charge in [-0.05, 0) is 64.3 Å². The summed E-state index contributed by atoms with van der Waals surface area (Å²) in [4.78, 5) is 0. The van der Waals surface area contributed by atoms with E-state index >= 15 is 0 Å². The van der Waals surface area contributed by atoms with E-state index in [4.69, 9.17) is 9.15 Å². The van der Waals surface area contributed by atoms with Crippen LogP contribution >= 0.6 is 0 Å². The molecule has 1 aliphatic heterocycles. The summed E-state index contributed by atoms with van der Waals surface area (Å²) in [6.45, 7) is 3.04. The summed E-state index contributed by atoms with van der Waals surface area (Å²) in [5.74, 6) is 1.04. The van der Waals surface area contributed by atoms with Gasteiger partial charge in [0.1, 0.15) is 11.3 Å². The third-order valence-corrected chi connectivity index (χ3v) is 4.43. The van der Waals surface area contributed by atoms with Crippen LogP contribution in [0.1, 0.15) is 49.5 Å². The average Bonchev–Trinajstić information content (AvgIpc) is 2.92. The minimum Gasteiger partial charge on any atom is -0.459 e. The maximum atomic E-state index is 6.01. The Balaban J connectivity index is 1.68. The normalized spacial score (nSPS) is 20.8. The number of nitrogens with one attached hydrogen (secondary N) is 1. The highest BCUT2D eigenvalue weighted by Gasteiger charge is 2.19. The molecule has 3 heteroatoms. The molecule has 0 spiro atoms. The van der Waals surface area contributed by atoms with Crippen LogP contribution in [0, 0.1) is 6.92 Å². The Hall–Kier alpha value is -1.32. The molecule has 1 aromatic carbocycles. The topological polar surface area (TPSA) is 34.4 Å². The summed E-state index contributed by atoms with van der Waals surface area (Å²) < 4.78 is 11.8. The minimum absolute atomic E-state index is 0.267. The quantitative estimate of drug-likeness (QED) is 0.887. The molecule has 1 aromatic heterocycles. The number of hydrogen-bond acceptors (Lipinski definition) is 3. The molecule has 21 heavy (non-hydrogen) atoms. The van der Waals surface area contributed by atoms with Gasteiger partial charge in [0, 0.05) is 12.0 Å². The van der Waals surface area contributed by atoms with E-state index < -0.39 is 0 Å². The van der Waals surface area contributed by atoms with E-state index in [9.17, 15) is 0 Å². The number of furan rings is 1. The van der Waals surface area contributed by atoms with Crippen molar-refractivity contribution in [2.45, 2.75) is 51.2 Å². The molecule has 1 aliphatic rings. The fraction of sp³-hybridized carbons (Fsp3) is 0.556. The Morgan fingerprint density at radius 3 is 2.95 bits per heavy atom. The van der Waals surface area contributed by atoms with E-state index in [1.54, 1.807) is 0 Å². The number of hydrogen-bond donors (Lipinski definition) is 1. The van der Waals surface area contributed by atoms with Crippen LogP contribution in [0.4, 0.5) is 0 Å². The van der Waals surface area contributed by atoms with Gasteiger partial charge in [-0.2, -0.15) is 0 Å². The Morgan fingerprint density at radius 1 is 1.29 bits per heavy atom. The van der Waals surface area contributed by atoms with E-state index in [0.717, 1.165) is 30.8 Å². The zero-order valence-electron chi connectivity index (χ0n) is 13.0. The summed E-state index contributed by atoms with van der Waals surface area (Å²) in [5.41, 5.74) is 2.25. The van der Waals surface area contributed by atoms with Gasteiger partial charge in [0.05, 0.1) is 12.1 Å². The van der Waals surface area contributed by atoms with Crippen molar-refractivity contribution < 1.29 is 9.15 Å². The maximum Gasteiger partial charge on any atom is 0.134 e. The zero-order valence-corrected chi connectivity index (χ0v) is 13.0. The lowest BCUT2D eigenvalue weighted by molar-refractivity contribution is 0.00836. The van der Waals surface area contributed by atoms with Crippen molar-refractivity contribution in [2.24, 2.45) is 0 Å². The SMILES string of the molecule is CNC(CCC1CCCCO1)c1cc2cc(C)ccc2o1. The van der Waals surface area contributed by atoms with Gasteiger partial charge in [-0.1, -0.05) is 11.6 Å². The molecule has 1 fully saturated rings. The van der Waals surface area contributed by atoms with Crippen molar-refractivity contribution in [3.8, 4) is 0 Å². The van der Waals surface area contributed by atoms with E-state index in [0.29, 0.717) is 6.10 Å². The fourth-order valence-corrected chi connectivity index (χ4v) is 3.17. The molecule has 2 unspecified atom stereocenters. The van der Waals surface area contributed by atoms with Crippen LogP contribution in [0.5, 0.6) is 0 Å². The predicted molar refractivity (Wildman–Crippen MR) is 85.6 cm³/mol. The van der Waals surface area contributed by atoms with Crippen LogP contribution in [0.15, 0.2) is 28.7 Å². The van der Waals surface area contributed by atoms with Gasteiger partial charge in [0.2, 0.25) is 0 Å². The van der Waals surface area contributed by atoms with Crippen molar-refractivity contribution in [2.75, 3.05) is 13.7 Å². The van der Waals surface area contributed by atoms with Gasteiger partial charge < -0.3 is 14.5 Å². The molecule has 0 saturated carbocycles. The third kappa shape index (κ3) is 3.47. The fourth-order valence-electron chi connectivity index (χ4n) is 3.17. The molecule has 2 heterocycles. The van der Waals surface area contributed by atoms with Gasteiger partial charge in [-0.25, -0.2) is 0 Å². The standard InChI is InChI=1S/C18H25NO2/c1-13-6-9-17-14(11-13)12-18(21-17)16(19-2)8-7-15-5-3-4-10-20-15/h6,9,11-12,15-16,19H,3-5,7-8,10H2,1-2H3. The minimum atomic E-state index is 0.267. The first-order chi connectivity index (χ1) is 10.3. The number of fused-ring (bicyclic) bond motifs is 1. The largest absolute Gasteiger partial charge is 0.459 e. The Morgan fingerprint density at radius 2 is 2.19 bits per heavy atom. The van der Waals surface area contributed by atoms with Crippen molar-refractivity contribution in [3.05, 3.63) is 35.6 Å². The number of ether oxygens (including phenoxy) is 1. The van der Waals surface area contributed by atoms with Crippen molar-refractivity contribution in [3.63, 3.8) is 0 Å². The first-order valence-corrected chi connectivity index (χ1v) is 8.05. The van der Waals surface area contributed by atoms with Crippen molar-refractivity contribution >= 4 is 11.0 Å². The Kier molecular flexibility index (Phi) is 4.61. The molecular weight excluding hydrogens is 262 g/mol. The van der Waals surface area contributed by atoms with Gasteiger partial charge in [0.15, 0.2) is 0 Å². The molecule has 1 N–H and O–H groups in total. The van der Waals surface area contributed by atoms with E-state index in [-0.39, 0.29) is 6.04 Å². The molecule has 0 aliphatic carbocycles. The van der Waals surface area contributed by atoms with Crippen LogP contribution in [0.25, 0.3) is 11.0 Å². The van der Waals surface area contributed by atoms with E-state index in [2.05, 4.69) is 36.5 Å². The second-order valence-corrected chi connectivity index (χ2v) is 6.10. The van der Waals surface area contributed by atoms with Gasteiger partial charge in [-0.3, -0.25) is 0 Å². The molecule has 2 atom stereocenters. The molecule has 2 aromatic rings. The molecule has 3 nitrogen and oxygen atoms in total. The summed E-state index contributed by atoms with van der Waals surface area (Å²) >= 11 is 0. The second kappa shape index (κ2) is 6.63. The van der Waals surface area contributed by atoms with E-state index in [1.807, 2.05) is 7.05 Å². The van der Waals surface area contributed by atoms with Gasteiger partial charge in [-0.15, -0.1) is 0 Å². The molecule has 1 saturated heterocycles. The lowest BCUT2D eigenvalue weighted by Gasteiger charge is -2.24. The molecule has 0 amide bonds. The van der Waals surface area contributed by atoms with Crippen LogP contribution in [-0.2, 0) is 4.74 Å². The van der Waals surface area contributed by atoms with Crippen LogP contribution in [0.2, 0.25) is 0 Å². The van der Waals surface area contributed by atoms with E-state index in [1.165, 1.54) is 30.2 Å². The molecule has 0 radical (unpaired) electrons. The van der Waals surface area contributed by atoms with Crippen LogP contribution < -0.4 is 5.32 Å². The molecule has 3 rings (SSSR count). The van der Waals surface area contributed by atoms with Gasteiger partial charge in [0.25, 0.3) is 0 Å². The first kappa shape index (κ1) is 14.6. The Labute approximate surface area is 126 Å². The van der Waals surface area contributed by atoms with Crippen LogP contribution in [-0.4, -0.2) is 19.8 Å². The summed E-state index contributed by atoms with van der Waals surface area (Å²) in [6.07, 6.45) is 6.31. The molecule has 0 bridgehead atoms. The monoisotopic (exact) mass is 287 g/mol. The zero-order chi connectivity index (χ0) is 14.7. The van der Waals surface area contributed by atoms with Crippen molar-refractivity contribution in [1.82, 2.24) is 5.32 Å². The third-order valence-electron chi connectivity index (χ3n) is 4.43. The number of benzene rings is 1. The van der Waals surface area contributed by atoms with Crippen molar-refractivity contribution in [1.29, 1.82) is 0 Å². The average molecular weight is 287 g/mol. The maximum absolute atomic E-state index is 6.01. The van der Waals surface area contributed by atoms with Gasteiger partial charge >= 0.3 is 0 Å². The summed E-state index contributed by atoms with van der Waals surface area (Å²) in [7, 11) is 2.00. The number of aryl methyl sites for hydroxylation is 1. The second-order valence-electron chi connectivity index (χ2n) is 6.10.